The predicted octanol–water partition coefficient (Wildman–Crippen LogP) is 1.70. The van der Waals surface area contributed by atoms with Crippen LogP contribution >= 0.6 is 0 Å². The van der Waals surface area contributed by atoms with E-state index in [0.717, 1.165) is 22.9 Å². The molecular formula is C15H18N2O3. The van der Waals surface area contributed by atoms with Crippen molar-refractivity contribution in [2.24, 2.45) is 0 Å². The number of nitrogens with zero attached hydrogens (tertiary/aromatic N) is 1. The first-order valence-electron chi connectivity index (χ1n) is 6.78. The van der Waals surface area contributed by atoms with Crippen molar-refractivity contribution >= 4 is 17.0 Å². The average molecular weight is 274 g/mol. The molecule has 5 heteroatoms. The SMILES string of the molecule is CN1C(=O)OC[C@@H]1Cc1ccc2[nH]cc(CCO)c2c1. The number of hydrogen-bond donors (Lipinski definition) is 2. The molecule has 2 aromatic rings. The van der Waals surface area contributed by atoms with E-state index in [1.807, 2.05) is 12.3 Å². The van der Waals surface area contributed by atoms with Crippen molar-refractivity contribution in [1.82, 2.24) is 9.88 Å². The van der Waals surface area contributed by atoms with Crippen LogP contribution in [0.5, 0.6) is 0 Å². The molecular weight excluding hydrogens is 256 g/mol. The van der Waals surface area contributed by atoms with Gasteiger partial charge in [-0.25, -0.2) is 4.79 Å². The summed E-state index contributed by atoms with van der Waals surface area (Å²) in [6.45, 7) is 0.592. The van der Waals surface area contributed by atoms with Crippen molar-refractivity contribution in [3.8, 4) is 0 Å². The number of aromatic amines is 1. The number of likely N-dealkylation sites (N-methyl/N-ethyl adjacent to an activating group) is 1. The lowest BCUT2D eigenvalue weighted by molar-refractivity contribution is 0.163. The monoisotopic (exact) mass is 274 g/mol. The number of carbonyl (C=O) groups is 1. The summed E-state index contributed by atoms with van der Waals surface area (Å²) in [6.07, 6.45) is 3.12. The molecule has 1 aliphatic rings. The predicted molar refractivity (Wildman–Crippen MR) is 75.7 cm³/mol. The summed E-state index contributed by atoms with van der Waals surface area (Å²) in [5.41, 5.74) is 3.37. The molecule has 1 aromatic carbocycles. The third-order valence-electron chi connectivity index (χ3n) is 3.92. The van der Waals surface area contributed by atoms with Crippen molar-refractivity contribution < 1.29 is 14.6 Å². The Labute approximate surface area is 117 Å². The fourth-order valence-electron chi connectivity index (χ4n) is 2.68. The van der Waals surface area contributed by atoms with Gasteiger partial charge in [-0.05, 0) is 36.1 Å². The van der Waals surface area contributed by atoms with Crippen LogP contribution in [0.1, 0.15) is 11.1 Å². The van der Waals surface area contributed by atoms with E-state index in [4.69, 9.17) is 9.84 Å². The normalized spacial score (nSPS) is 18.8. The third-order valence-corrected chi connectivity index (χ3v) is 3.92. The number of H-pyrrole nitrogens is 1. The lowest BCUT2D eigenvalue weighted by atomic mass is 10.0. The smallest absolute Gasteiger partial charge is 0.409 e. The maximum atomic E-state index is 11.4. The Morgan fingerprint density at radius 3 is 3.05 bits per heavy atom. The van der Waals surface area contributed by atoms with E-state index in [1.54, 1.807) is 11.9 Å². The van der Waals surface area contributed by atoms with E-state index >= 15 is 0 Å². The molecule has 0 aliphatic carbocycles. The molecule has 2 heterocycles. The minimum atomic E-state index is -0.251. The molecule has 3 rings (SSSR count). The molecule has 5 nitrogen and oxygen atoms in total. The molecule has 0 bridgehead atoms. The Hall–Kier alpha value is -2.01. The number of aromatic nitrogens is 1. The highest BCUT2D eigenvalue weighted by molar-refractivity contribution is 5.84. The van der Waals surface area contributed by atoms with Crippen LogP contribution in [-0.4, -0.2) is 47.4 Å². The zero-order valence-electron chi connectivity index (χ0n) is 11.4. The topological polar surface area (TPSA) is 65.6 Å². The van der Waals surface area contributed by atoms with Gasteiger partial charge in [0, 0.05) is 30.8 Å². The van der Waals surface area contributed by atoms with E-state index in [-0.39, 0.29) is 18.7 Å². The average Bonchev–Trinajstić information content (AvgIpc) is 2.98. The van der Waals surface area contributed by atoms with Crippen molar-refractivity contribution in [3.05, 3.63) is 35.5 Å². The highest BCUT2D eigenvalue weighted by Gasteiger charge is 2.29. The summed E-state index contributed by atoms with van der Waals surface area (Å²) >= 11 is 0. The third kappa shape index (κ3) is 2.25. The minimum Gasteiger partial charge on any atom is -0.447 e. The quantitative estimate of drug-likeness (QED) is 0.891. The number of amides is 1. The van der Waals surface area contributed by atoms with Crippen molar-refractivity contribution in [2.75, 3.05) is 20.3 Å². The maximum absolute atomic E-state index is 11.4. The molecule has 1 saturated heterocycles. The molecule has 2 N–H and O–H groups in total. The van der Waals surface area contributed by atoms with Gasteiger partial charge in [0.05, 0.1) is 6.04 Å². The first-order chi connectivity index (χ1) is 9.69. The van der Waals surface area contributed by atoms with Crippen LogP contribution in [0.3, 0.4) is 0 Å². The van der Waals surface area contributed by atoms with Gasteiger partial charge in [-0.15, -0.1) is 0 Å². The Bertz CT molecular complexity index is 635. The summed E-state index contributed by atoms with van der Waals surface area (Å²) in [7, 11) is 1.77. The molecule has 1 fully saturated rings. The number of benzene rings is 1. The van der Waals surface area contributed by atoms with Crippen LogP contribution in [-0.2, 0) is 17.6 Å². The summed E-state index contributed by atoms with van der Waals surface area (Å²) in [4.78, 5) is 16.2. The fraction of sp³-hybridized carbons (Fsp3) is 0.400. The second kappa shape index (κ2) is 5.17. The van der Waals surface area contributed by atoms with Gasteiger partial charge >= 0.3 is 6.09 Å². The zero-order chi connectivity index (χ0) is 14.1. The Kier molecular flexibility index (Phi) is 3.36. The van der Waals surface area contributed by atoms with Crippen LogP contribution in [0.2, 0.25) is 0 Å². The van der Waals surface area contributed by atoms with Gasteiger partial charge in [0.15, 0.2) is 0 Å². The van der Waals surface area contributed by atoms with Crippen LogP contribution in [0.25, 0.3) is 10.9 Å². The van der Waals surface area contributed by atoms with E-state index in [2.05, 4.69) is 17.1 Å². The highest BCUT2D eigenvalue weighted by Crippen LogP contribution is 2.22. The number of cyclic esters (lactones) is 1. The number of ether oxygens (including phenoxy) is 1. The first-order valence-corrected chi connectivity index (χ1v) is 6.78. The minimum absolute atomic E-state index is 0.0974. The van der Waals surface area contributed by atoms with Gasteiger partial charge in [-0.2, -0.15) is 0 Å². The standard InChI is InChI=1S/C15H18N2O3/c1-17-12(9-20-15(17)19)6-10-2-3-14-13(7-10)11(4-5-18)8-16-14/h2-3,7-8,12,16,18H,4-6,9H2,1H3/t12-/m0/s1. The molecule has 1 atom stereocenters. The fourth-order valence-corrected chi connectivity index (χ4v) is 2.68. The van der Waals surface area contributed by atoms with E-state index in [9.17, 15) is 4.79 Å². The summed E-state index contributed by atoms with van der Waals surface area (Å²) < 4.78 is 5.03. The molecule has 0 radical (unpaired) electrons. The van der Waals surface area contributed by atoms with Crippen LogP contribution in [0.4, 0.5) is 4.79 Å². The Morgan fingerprint density at radius 1 is 1.50 bits per heavy atom. The number of hydrogen-bond acceptors (Lipinski definition) is 3. The Balaban J connectivity index is 1.85. The van der Waals surface area contributed by atoms with E-state index in [0.29, 0.717) is 13.0 Å². The summed E-state index contributed by atoms with van der Waals surface area (Å²) in [6, 6.07) is 6.34. The summed E-state index contributed by atoms with van der Waals surface area (Å²) in [5, 5.41) is 10.2. The number of carbonyl (C=O) groups excluding carboxylic acids is 1. The van der Waals surface area contributed by atoms with Gasteiger partial charge in [0.25, 0.3) is 0 Å². The molecule has 1 aromatic heterocycles. The molecule has 20 heavy (non-hydrogen) atoms. The second-order valence-corrected chi connectivity index (χ2v) is 5.21. The number of aliphatic hydroxyl groups excluding tert-OH is 1. The number of rotatable bonds is 4. The van der Waals surface area contributed by atoms with Crippen LogP contribution in [0, 0.1) is 0 Å². The highest BCUT2D eigenvalue weighted by atomic mass is 16.6. The molecule has 1 amide bonds. The first kappa shape index (κ1) is 13.0. The summed E-state index contributed by atoms with van der Waals surface area (Å²) in [5.74, 6) is 0. The van der Waals surface area contributed by atoms with Gasteiger partial charge in [0.2, 0.25) is 0 Å². The zero-order valence-corrected chi connectivity index (χ0v) is 11.4. The number of nitrogens with one attached hydrogen (secondary N) is 1. The molecule has 0 spiro atoms. The van der Waals surface area contributed by atoms with Crippen molar-refractivity contribution in [3.63, 3.8) is 0 Å². The van der Waals surface area contributed by atoms with Gasteiger partial charge in [-0.1, -0.05) is 6.07 Å². The maximum Gasteiger partial charge on any atom is 0.409 e. The molecule has 0 saturated carbocycles. The van der Waals surface area contributed by atoms with Crippen LogP contribution < -0.4 is 0 Å². The van der Waals surface area contributed by atoms with E-state index in [1.165, 1.54) is 5.56 Å². The lowest BCUT2D eigenvalue weighted by Gasteiger charge is -2.16. The van der Waals surface area contributed by atoms with Crippen molar-refractivity contribution in [2.45, 2.75) is 18.9 Å². The molecule has 1 aliphatic heterocycles. The van der Waals surface area contributed by atoms with Gasteiger partial charge in [0.1, 0.15) is 6.61 Å². The number of aliphatic hydroxyl groups is 1. The van der Waals surface area contributed by atoms with Gasteiger partial charge in [-0.3, -0.25) is 0 Å². The lowest BCUT2D eigenvalue weighted by Crippen LogP contribution is -2.31. The molecule has 0 unspecified atom stereocenters. The van der Waals surface area contributed by atoms with Crippen molar-refractivity contribution in [1.29, 1.82) is 0 Å². The largest absolute Gasteiger partial charge is 0.447 e. The second-order valence-electron chi connectivity index (χ2n) is 5.21. The number of fused-ring (bicyclic) bond motifs is 1. The van der Waals surface area contributed by atoms with E-state index < -0.39 is 0 Å². The molecule has 106 valence electrons. The van der Waals surface area contributed by atoms with Gasteiger partial charge < -0.3 is 19.7 Å². The Morgan fingerprint density at radius 2 is 2.35 bits per heavy atom. The van der Waals surface area contributed by atoms with Crippen LogP contribution in [0.15, 0.2) is 24.4 Å².